The van der Waals surface area contributed by atoms with Crippen LogP contribution in [0, 0.1) is 5.92 Å². The van der Waals surface area contributed by atoms with Crippen LogP contribution in [0.2, 0.25) is 5.02 Å². The Morgan fingerprint density at radius 3 is 2.83 bits per heavy atom. The lowest BCUT2D eigenvalue weighted by Gasteiger charge is -2.30. The molecule has 2 heterocycles. The topological polar surface area (TPSA) is 105 Å². The highest BCUT2D eigenvalue weighted by Gasteiger charge is 2.22. The average Bonchev–Trinajstić information content (AvgIpc) is 3.13. The summed E-state index contributed by atoms with van der Waals surface area (Å²) in [7, 11) is -3.66. The van der Waals surface area contributed by atoms with Crippen molar-refractivity contribution in [2.45, 2.75) is 36.8 Å². The standard InChI is InChI=1S/C19H25ClN4O4S/c1-14-4-2-10-24(12-14)11-3-9-21-18(25)19-22-17(23-28-19)13-29(26,27)16-7-5-15(20)6-8-16/h5-8,14H,2-4,9-13H2,1H3,(H,21,25)/t14-/m1/s1. The maximum Gasteiger partial charge on any atom is 0.315 e. The first-order valence-corrected chi connectivity index (χ1v) is 11.7. The van der Waals surface area contributed by atoms with E-state index in [1.54, 1.807) is 0 Å². The van der Waals surface area contributed by atoms with E-state index in [0.29, 0.717) is 11.6 Å². The van der Waals surface area contributed by atoms with Gasteiger partial charge in [-0.25, -0.2) is 8.42 Å². The zero-order valence-corrected chi connectivity index (χ0v) is 17.9. The van der Waals surface area contributed by atoms with Crippen molar-refractivity contribution in [1.29, 1.82) is 0 Å². The van der Waals surface area contributed by atoms with Crippen LogP contribution < -0.4 is 5.32 Å². The molecule has 1 aliphatic heterocycles. The molecule has 1 aromatic carbocycles. The molecule has 0 unspecified atom stereocenters. The maximum atomic E-state index is 12.4. The van der Waals surface area contributed by atoms with Gasteiger partial charge in [-0.15, -0.1) is 0 Å². The second kappa shape index (κ2) is 9.69. The Hall–Kier alpha value is -1.97. The summed E-state index contributed by atoms with van der Waals surface area (Å²) in [6, 6.07) is 5.81. The fourth-order valence-electron chi connectivity index (χ4n) is 3.37. The minimum Gasteiger partial charge on any atom is -0.348 e. The van der Waals surface area contributed by atoms with Gasteiger partial charge in [-0.3, -0.25) is 4.79 Å². The lowest BCUT2D eigenvalue weighted by atomic mass is 10.0. The number of hydrogen-bond donors (Lipinski definition) is 1. The molecule has 0 aliphatic carbocycles. The van der Waals surface area contributed by atoms with Gasteiger partial charge in [0.15, 0.2) is 15.7 Å². The molecule has 8 nitrogen and oxygen atoms in total. The monoisotopic (exact) mass is 440 g/mol. The highest BCUT2D eigenvalue weighted by Crippen LogP contribution is 2.18. The molecule has 3 rings (SSSR count). The molecule has 1 aromatic heterocycles. The van der Waals surface area contributed by atoms with E-state index in [4.69, 9.17) is 16.1 Å². The molecule has 1 N–H and O–H groups in total. The number of carbonyl (C=O) groups excluding carboxylic acids is 1. The van der Waals surface area contributed by atoms with Gasteiger partial charge in [-0.05, 0) is 62.5 Å². The molecule has 1 saturated heterocycles. The largest absolute Gasteiger partial charge is 0.348 e. The van der Waals surface area contributed by atoms with E-state index in [9.17, 15) is 13.2 Å². The van der Waals surface area contributed by atoms with Crippen LogP contribution in [0.3, 0.4) is 0 Å². The fourth-order valence-corrected chi connectivity index (χ4v) is 4.67. The van der Waals surface area contributed by atoms with Gasteiger partial charge in [0, 0.05) is 18.1 Å². The van der Waals surface area contributed by atoms with Crippen LogP contribution in [0.1, 0.15) is 42.7 Å². The van der Waals surface area contributed by atoms with Crippen LogP contribution >= 0.6 is 11.6 Å². The molecule has 29 heavy (non-hydrogen) atoms. The Kier molecular flexibility index (Phi) is 7.26. The van der Waals surface area contributed by atoms with Gasteiger partial charge in [-0.2, -0.15) is 4.98 Å². The minimum absolute atomic E-state index is 0.0626. The summed E-state index contributed by atoms with van der Waals surface area (Å²) in [5.74, 6) is -0.539. The predicted octanol–water partition coefficient (Wildman–Crippen LogP) is 2.55. The van der Waals surface area contributed by atoms with E-state index in [0.717, 1.165) is 32.0 Å². The summed E-state index contributed by atoms with van der Waals surface area (Å²) in [6.45, 7) is 5.88. The molecule has 1 atom stereocenters. The second-order valence-electron chi connectivity index (χ2n) is 7.39. The van der Waals surface area contributed by atoms with E-state index >= 15 is 0 Å². The Morgan fingerprint density at radius 2 is 2.10 bits per heavy atom. The number of hydrogen-bond acceptors (Lipinski definition) is 7. The Morgan fingerprint density at radius 1 is 1.34 bits per heavy atom. The molecule has 2 aromatic rings. The van der Waals surface area contributed by atoms with Crippen LogP contribution in [0.4, 0.5) is 0 Å². The van der Waals surface area contributed by atoms with Crippen molar-refractivity contribution < 1.29 is 17.7 Å². The normalized spacial score (nSPS) is 17.9. The van der Waals surface area contributed by atoms with Crippen molar-refractivity contribution in [2.24, 2.45) is 5.92 Å². The van der Waals surface area contributed by atoms with Crippen molar-refractivity contribution in [1.82, 2.24) is 20.4 Å². The van der Waals surface area contributed by atoms with Gasteiger partial charge >= 0.3 is 11.8 Å². The van der Waals surface area contributed by atoms with Crippen LogP contribution in [-0.4, -0.2) is 55.5 Å². The zero-order valence-electron chi connectivity index (χ0n) is 16.3. The van der Waals surface area contributed by atoms with Crippen molar-refractivity contribution in [3.8, 4) is 0 Å². The molecule has 10 heteroatoms. The van der Waals surface area contributed by atoms with Gasteiger partial charge in [0.1, 0.15) is 5.75 Å². The Labute approximate surface area is 175 Å². The molecular formula is C19H25ClN4O4S. The molecule has 0 spiro atoms. The van der Waals surface area contributed by atoms with Crippen molar-refractivity contribution in [3.63, 3.8) is 0 Å². The molecule has 1 fully saturated rings. The lowest BCUT2D eigenvalue weighted by Crippen LogP contribution is -2.36. The first-order chi connectivity index (χ1) is 13.8. The van der Waals surface area contributed by atoms with E-state index < -0.39 is 21.5 Å². The molecule has 1 aliphatic rings. The molecular weight excluding hydrogens is 416 g/mol. The quantitative estimate of drug-likeness (QED) is 0.628. The maximum absolute atomic E-state index is 12.4. The summed E-state index contributed by atoms with van der Waals surface area (Å²) >= 11 is 5.78. The number of sulfone groups is 1. The number of piperidine rings is 1. The third kappa shape index (κ3) is 6.25. The molecule has 0 bridgehead atoms. The highest BCUT2D eigenvalue weighted by molar-refractivity contribution is 7.90. The number of halogens is 1. The molecule has 0 radical (unpaired) electrons. The van der Waals surface area contributed by atoms with Crippen LogP contribution in [0.15, 0.2) is 33.7 Å². The number of benzene rings is 1. The van der Waals surface area contributed by atoms with Gasteiger partial charge < -0.3 is 14.7 Å². The predicted molar refractivity (Wildman–Crippen MR) is 108 cm³/mol. The number of likely N-dealkylation sites (tertiary alicyclic amines) is 1. The molecule has 0 saturated carbocycles. The van der Waals surface area contributed by atoms with Gasteiger partial charge in [0.05, 0.1) is 4.90 Å². The summed E-state index contributed by atoms with van der Waals surface area (Å²) in [6.07, 6.45) is 3.32. The van der Waals surface area contributed by atoms with E-state index in [1.807, 2.05) is 0 Å². The number of carbonyl (C=O) groups is 1. The van der Waals surface area contributed by atoms with Gasteiger partial charge in [-0.1, -0.05) is 23.7 Å². The zero-order chi connectivity index (χ0) is 20.9. The summed E-state index contributed by atoms with van der Waals surface area (Å²) in [4.78, 5) is 18.6. The number of nitrogens with one attached hydrogen (secondary N) is 1. The smallest absolute Gasteiger partial charge is 0.315 e. The second-order valence-corrected chi connectivity index (χ2v) is 9.81. The van der Waals surface area contributed by atoms with Gasteiger partial charge in [0.25, 0.3) is 0 Å². The Bertz CT molecular complexity index is 930. The van der Waals surface area contributed by atoms with Crippen LogP contribution in [-0.2, 0) is 15.6 Å². The summed E-state index contributed by atoms with van der Waals surface area (Å²) in [5.41, 5.74) is 0. The SMILES string of the molecule is C[C@@H]1CCCN(CCCNC(=O)c2nc(CS(=O)(=O)c3ccc(Cl)cc3)no2)C1. The van der Waals surface area contributed by atoms with Gasteiger partial charge in [0.2, 0.25) is 0 Å². The summed E-state index contributed by atoms with van der Waals surface area (Å²) < 4.78 is 29.7. The van der Waals surface area contributed by atoms with Crippen molar-refractivity contribution in [2.75, 3.05) is 26.2 Å². The van der Waals surface area contributed by atoms with Crippen molar-refractivity contribution >= 4 is 27.3 Å². The molecule has 1 amide bonds. The lowest BCUT2D eigenvalue weighted by molar-refractivity contribution is 0.0906. The third-order valence-electron chi connectivity index (χ3n) is 4.83. The van der Waals surface area contributed by atoms with E-state index in [1.165, 1.54) is 37.1 Å². The number of aromatic nitrogens is 2. The first kappa shape index (κ1) is 21.7. The summed E-state index contributed by atoms with van der Waals surface area (Å²) in [5, 5.41) is 6.79. The van der Waals surface area contributed by atoms with E-state index in [2.05, 4.69) is 27.3 Å². The molecule has 158 valence electrons. The first-order valence-electron chi connectivity index (χ1n) is 9.65. The van der Waals surface area contributed by atoms with Crippen LogP contribution in [0.25, 0.3) is 0 Å². The Balaban J connectivity index is 1.47. The average molecular weight is 441 g/mol. The minimum atomic E-state index is -3.66. The van der Waals surface area contributed by atoms with Crippen LogP contribution in [0.5, 0.6) is 0 Å². The fraction of sp³-hybridized carbons (Fsp3) is 0.526. The highest BCUT2D eigenvalue weighted by atomic mass is 35.5. The van der Waals surface area contributed by atoms with Crippen molar-refractivity contribution in [3.05, 3.63) is 41.0 Å². The number of rotatable bonds is 8. The van der Waals surface area contributed by atoms with E-state index in [-0.39, 0.29) is 16.6 Å². The number of nitrogens with zero attached hydrogens (tertiary/aromatic N) is 3. The number of amides is 1. The third-order valence-corrected chi connectivity index (χ3v) is 6.71.